The van der Waals surface area contributed by atoms with Gasteiger partial charge in [0.25, 0.3) is 0 Å². The fraction of sp³-hybridized carbons (Fsp3) is 0.467. The van der Waals surface area contributed by atoms with Crippen molar-refractivity contribution < 1.29 is 9.47 Å². The Kier molecular flexibility index (Phi) is 21.6. The van der Waals surface area contributed by atoms with Crippen molar-refractivity contribution in [3.63, 3.8) is 0 Å². The summed E-state index contributed by atoms with van der Waals surface area (Å²) in [5.74, 6) is 4.39. The van der Waals surface area contributed by atoms with Crippen molar-refractivity contribution >= 4 is 23.5 Å². The van der Waals surface area contributed by atoms with Crippen molar-refractivity contribution in [2.24, 2.45) is 0 Å². The number of ether oxygens (including phenoxy) is 2. The smallest absolute Gasteiger partial charge is 0.119 e. The highest BCUT2D eigenvalue weighted by molar-refractivity contribution is 7.99. The van der Waals surface area contributed by atoms with E-state index in [1.165, 1.54) is 114 Å². The molecular formula is C45H62O2S2. The Morgan fingerprint density at radius 1 is 0.347 bits per heavy atom. The molecule has 0 spiro atoms. The van der Waals surface area contributed by atoms with E-state index in [2.05, 4.69) is 125 Å². The van der Waals surface area contributed by atoms with Crippen molar-refractivity contribution in [3.05, 3.63) is 97.1 Å². The van der Waals surface area contributed by atoms with Crippen LogP contribution >= 0.6 is 23.5 Å². The van der Waals surface area contributed by atoms with E-state index in [0.717, 1.165) is 37.6 Å². The standard InChI is InChI=1S/C23H32OS.C22H30OS/c1-3-5-7-9-19-25-23-16-12-21(13-17-23)20-10-14-22(15-11-20)24-18-8-6-4-2;1-3-5-7-17-23-21-13-9-19(10-14-21)20-11-15-22(16-12-20)24-18-8-6-4-2/h10-17H,3-9,18-19H2,1-2H3;9-16H,3-8,17-18H2,1-2H3. The Morgan fingerprint density at radius 2 is 0.653 bits per heavy atom. The van der Waals surface area contributed by atoms with Crippen molar-refractivity contribution in [3.8, 4) is 33.8 Å². The Bertz CT molecular complexity index is 1300. The molecule has 4 aromatic rings. The highest BCUT2D eigenvalue weighted by Crippen LogP contribution is 2.28. The number of rotatable bonds is 23. The second-order valence-corrected chi connectivity index (χ2v) is 15.0. The summed E-state index contributed by atoms with van der Waals surface area (Å²) in [5, 5.41) is 0. The lowest BCUT2D eigenvalue weighted by Crippen LogP contribution is -1.96. The minimum absolute atomic E-state index is 0.817. The zero-order valence-electron chi connectivity index (χ0n) is 30.9. The molecule has 0 unspecified atom stereocenters. The van der Waals surface area contributed by atoms with Gasteiger partial charge in [0.15, 0.2) is 0 Å². The van der Waals surface area contributed by atoms with Gasteiger partial charge in [-0.25, -0.2) is 0 Å². The SMILES string of the molecule is CCCCCCSc1ccc(-c2ccc(OCCCCC)cc2)cc1.CCCCCOc1ccc(-c2ccc(SCCCCC)cc2)cc1. The molecule has 0 amide bonds. The van der Waals surface area contributed by atoms with Gasteiger partial charge in [0.2, 0.25) is 0 Å². The van der Waals surface area contributed by atoms with Gasteiger partial charge in [0.1, 0.15) is 11.5 Å². The van der Waals surface area contributed by atoms with Gasteiger partial charge in [-0.05, 0) is 108 Å². The number of benzene rings is 4. The van der Waals surface area contributed by atoms with E-state index in [4.69, 9.17) is 9.47 Å². The van der Waals surface area contributed by atoms with Crippen LogP contribution in [0.4, 0.5) is 0 Å². The van der Waals surface area contributed by atoms with Crippen molar-refractivity contribution in [2.45, 2.75) is 121 Å². The molecule has 0 heterocycles. The van der Waals surface area contributed by atoms with Gasteiger partial charge in [-0.1, -0.05) is 134 Å². The van der Waals surface area contributed by atoms with Crippen LogP contribution in [0.2, 0.25) is 0 Å². The summed E-state index contributed by atoms with van der Waals surface area (Å²) < 4.78 is 11.6. The molecule has 0 bridgehead atoms. The van der Waals surface area contributed by atoms with Gasteiger partial charge in [-0.2, -0.15) is 0 Å². The molecular weight excluding hydrogens is 637 g/mol. The topological polar surface area (TPSA) is 18.5 Å². The number of hydrogen-bond donors (Lipinski definition) is 0. The molecule has 0 aliphatic heterocycles. The first kappa shape index (κ1) is 40.6. The van der Waals surface area contributed by atoms with Crippen LogP contribution in [0.15, 0.2) is 107 Å². The maximum atomic E-state index is 5.79. The lowest BCUT2D eigenvalue weighted by atomic mass is 10.1. The predicted octanol–water partition coefficient (Wildman–Crippen LogP) is 14.8. The van der Waals surface area contributed by atoms with Crippen LogP contribution in [0.25, 0.3) is 22.3 Å². The van der Waals surface area contributed by atoms with Crippen LogP contribution in [0.1, 0.15) is 111 Å². The molecule has 0 saturated heterocycles. The predicted molar refractivity (Wildman–Crippen MR) is 219 cm³/mol. The minimum Gasteiger partial charge on any atom is -0.494 e. The third-order valence-electron chi connectivity index (χ3n) is 8.40. The van der Waals surface area contributed by atoms with E-state index in [9.17, 15) is 0 Å². The van der Waals surface area contributed by atoms with E-state index in [-0.39, 0.29) is 0 Å². The van der Waals surface area contributed by atoms with Crippen molar-refractivity contribution in [2.75, 3.05) is 24.7 Å². The monoisotopic (exact) mass is 698 g/mol. The third kappa shape index (κ3) is 17.1. The van der Waals surface area contributed by atoms with Crippen LogP contribution in [-0.2, 0) is 0 Å². The summed E-state index contributed by atoms with van der Waals surface area (Å²) in [7, 11) is 0. The van der Waals surface area contributed by atoms with Crippen molar-refractivity contribution in [1.82, 2.24) is 0 Å². The van der Waals surface area contributed by atoms with Gasteiger partial charge in [-0.3, -0.25) is 0 Å². The molecule has 49 heavy (non-hydrogen) atoms. The molecule has 4 heteroatoms. The minimum atomic E-state index is 0.817. The first-order valence-corrected chi connectivity index (χ1v) is 21.1. The summed E-state index contributed by atoms with van der Waals surface area (Å²) in [6.45, 7) is 10.6. The fourth-order valence-electron chi connectivity index (χ4n) is 5.32. The molecule has 0 aliphatic rings. The van der Waals surface area contributed by atoms with Gasteiger partial charge in [0.05, 0.1) is 13.2 Å². The molecule has 0 N–H and O–H groups in total. The highest BCUT2D eigenvalue weighted by atomic mass is 32.2. The molecule has 0 aromatic heterocycles. The van der Waals surface area contributed by atoms with Crippen LogP contribution in [0.3, 0.4) is 0 Å². The molecule has 4 aromatic carbocycles. The lowest BCUT2D eigenvalue weighted by Gasteiger charge is -2.08. The molecule has 0 saturated carbocycles. The van der Waals surface area contributed by atoms with E-state index < -0.39 is 0 Å². The summed E-state index contributed by atoms with van der Waals surface area (Å²) >= 11 is 3.93. The van der Waals surface area contributed by atoms with Gasteiger partial charge >= 0.3 is 0 Å². The van der Waals surface area contributed by atoms with Crippen LogP contribution in [0, 0.1) is 0 Å². The van der Waals surface area contributed by atoms with Gasteiger partial charge < -0.3 is 9.47 Å². The van der Waals surface area contributed by atoms with E-state index >= 15 is 0 Å². The van der Waals surface area contributed by atoms with E-state index in [1.807, 2.05) is 23.5 Å². The van der Waals surface area contributed by atoms with Crippen LogP contribution < -0.4 is 9.47 Å². The average Bonchev–Trinajstić information content (AvgIpc) is 3.15. The summed E-state index contributed by atoms with van der Waals surface area (Å²) in [6, 6.07) is 34.8. The van der Waals surface area contributed by atoms with Gasteiger partial charge in [0, 0.05) is 9.79 Å². The average molecular weight is 699 g/mol. The third-order valence-corrected chi connectivity index (χ3v) is 10.6. The molecule has 0 aliphatic carbocycles. The molecule has 2 nitrogen and oxygen atoms in total. The Hall–Kier alpha value is -2.82. The fourth-order valence-corrected chi connectivity index (χ4v) is 7.14. The maximum absolute atomic E-state index is 5.79. The van der Waals surface area contributed by atoms with Crippen LogP contribution in [-0.4, -0.2) is 24.7 Å². The van der Waals surface area contributed by atoms with Crippen LogP contribution in [0.5, 0.6) is 11.5 Å². The zero-order valence-corrected chi connectivity index (χ0v) is 32.5. The van der Waals surface area contributed by atoms with E-state index in [1.54, 1.807) is 0 Å². The zero-order chi connectivity index (χ0) is 34.8. The Morgan fingerprint density at radius 3 is 1.02 bits per heavy atom. The normalized spacial score (nSPS) is 10.8. The Labute approximate surface area is 308 Å². The maximum Gasteiger partial charge on any atom is 0.119 e. The molecule has 0 fully saturated rings. The van der Waals surface area contributed by atoms with Gasteiger partial charge in [-0.15, -0.1) is 23.5 Å². The number of thioether (sulfide) groups is 2. The summed E-state index contributed by atoms with van der Waals surface area (Å²) in [4.78, 5) is 2.74. The lowest BCUT2D eigenvalue weighted by molar-refractivity contribution is 0.306. The second kappa shape index (κ2) is 26.1. The highest BCUT2D eigenvalue weighted by Gasteiger charge is 2.02. The first-order valence-electron chi connectivity index (χ1n) is 19.1. The second-order valence-electron chi connectivity index (χ2n) is 12.7. The summed E-state index contributed by atoms with van der Waals surface area (Å²) in [6.07, 6.45) is 16.5. The Balaban J connectivity index is 0.000000266. The molecule has 0 radical (unpaired) electrons. The van der Waals surface area contributed by atoms with E-state index in [0.29, 0.717) is 0 Å². The molecule has 0 atom stereocenters. The first-order chi connectivity index (χ1) is 24.2. The molecule has 266 valence electrons. The number of unbranched alkanes of at least 4 members (excludes halogenated alkanes) is 9. The molecule has 4 rings (SSSR count). The largest absolute Gasteiger partial charge is 0.494 e. The quantitative estimate of drug-likeness (QED) is 0.0567. The summed E-state index contributed by atoms with van der Waals surface area (Å²) in [5.41, 5.74) is 5.04. The van der Waals surface area contributed by atoms with Crippen molar-refractivity contribution in [1.29, 1.82) is 0 Å². The number of hydrogen-bond acceptors (Lipinski definition) is 4.